The lowest BCUT2D eigenvalue weighted by molar-refractivity contribution is 0.186. The molecule has 0 amide bonds. The highest BCUT2D eigenvalue weighted by Gasteiger charge is 2.16. The minimum atomic E-state index is -0.661. The molecule has 3 heterocycles. The lowest BCUT2D eigenvalue weighted by atomic mass is 10.1. The predicted octanol–water partition coefficient (Wildman–Crippen LogP) is 2.84. The Morgan fingerprint density at radius 2 is 2.31 bits per heavy atom. The molecule has 2 unspecified atom stereocenters. The second-order valence-electron chi connectivity index (χ2n) is 6.21. The summed E-state index contributed by atoms with van der Waals surface area (Å²) in [5.41, 5.74) is 0. The molecule has 2 atom stereocenters. The number of hydrogen-bond donors (Lipinski definition) is 3. The Kier molecular flexibility index (Phi) is 7.37. The summed E-state index contributed by atoms with van der Waals surface area (Å²) in [5.74, 6) is 2.10. The summed E-state index contributed by atoms with van der Waals surface area (Å²) in [6.07, 6.45) is 2.84. The fraction of sp³-hybridized carbons (Fsp3) is 0.500. The van der Waals surface area contributed by atoms with Crippen LogP contribution in [0.3, 0.4) is 0 Å². The zero-order chi connectivity index (χ0) is 18.2. The molecular weight excluding hydrogens is 374 g/mol. The van der Waals surface area contributed by atoms with Gasteiger partial charge in [0.1, 0.15) is 11.9 Å². The van der Waals surface area contributed by atoms with Crippen molar-refractivity contribution in [3.8, 4) is 0 Å². The van der Waals surface area contributed by atoms with E-state index in [2.05, 4.69) is 15.6 Å². The highest BCUT2D eigenvalue weighted by Crippen LogP contribution is 2.26. The summed E-state index contributed by atoms with van der Waals surface area (Å²) in [6.45, 7) is 3.37. The first kappa shape index (κ1) is 19.2. The van der Waals surface area contributed by atoms with Gasteiger partial charge in [0, 0.05) is 36.9 Å². The highest BCUT2D eigenvalue weighted by molar-refractivity contribution is 7.16. The first-order chi connectivity index (χ1) is 12.7. The molecule has 142 valence electrons. The molecule has 0 spiro atoms. The molecule has 0 radical (unpaired) electrons. The number of aliphatic hydroxyl groups excluding tert-OH is 1. The van der Waals surface area contributed by atoms with Gasteiger partial charge in [-0.3, -0.25) is 4.99 Å². The fourth-order valence-electron chi connectivity index (χ4n) is 2.69. The van der Waals surface area contributed by atoms with Crippen molar-refractivity contribution in [2.45, 2.75) is 18.9 Å². The number of nitrogens with zero attached hydrogens (tertiary/aromatic N) is 1. The summed E-state index contributed by atoms with van der Waals surface area (Å²) in [4.78, 5) is 5.34. The van der Waals surface area contributed by atoms with Crippen LogP contribution in [0.1, 0.15) is 23.2 Å². The molecule has 0 bridgehead atoms. The van der Waals surface area contributed by atoms with Crippen LogP contribution in [0, 0.1) is 5.92 Å². The number of rotatable bonds is 8. The first-order valence-electron chi connectivity index (χ1n) is 8.76. The molecule has 8 heteroatoms. The number of furan rings is 1. The quantitative estimate of drug-likeness (QED) is 0.471. The van der Waals surface area contributed by atoms with E-state index in [1.807, 2.05) is 18.2 Å². The van der Waals surface area contributed by atoms with Gasteiger partial charge in [-0.05, 0) is 30.7 Å². The van der Waals surface area contributed by atoms with Crippen molar-refractivity contribution >= 4 is 28.9 Å². The van der Waals surface area contributed by atoms with Gasteiger partial charge in [0.2, 0.25) is 0 Å². The van der Waals surface area contributed by atoms with Crippen LogP contribution in [0.25, 0.3) is 0 Å². The minimum absolute atomic E-state index is 0.272. The number of ether oxygens (including phenoxy) is 1. The molecule has 2 aromatic rings. The molecule has 3 N–H and O–H groups in total. The van der Waals surface area contributed by atoms with Gasteiger partial charge in [-0.15, -0.1) is 11.3 Å². The standard InChI is InChI=1S/C18H24ClN3O3S/c19-17-4-3-16(26-17)15(23)11-22-18(21-10-13-6-9-24-12-13)20-7-5-14-2-1-8-25-14/h1-4,8,13,15,23H,5-7,9-12H2,(H2,20,21,22). The van der Waals surface area contributed by atoms with Crippen molar-refractivity contribution < 1.29 is 14.3 Å². The zero-order valence-corrected chi connectivity index (χ0v) is 16.1. The Labute approximate surface area is 162 Å². The largest absolute Gasteiger partial charge is 0.469 e. The van der Waals surface area contributed by atoms with Crippen molar-refractivity contribution in [3.05, 3.63) is 45.5 Å². The lowest BCUT2D eigenvalue weighted by Gasteiger charge is -2.15. The maximum Gasteiger partial charge on any atom is 0.191 e. The average molecular weight is 398 g/mol. The van der Waals surface area contributed by atoms with Gasteiger partial charge in [0.15, 0.2) is 5.96 Å². The van der Waals surface area contributed by atoms with E-state index in [1.165, 1.54) is 11.3 Å². The van der Waals surface area contributed by atoms with Crippen LogP contribution >= 0.6 is 22.9 Å². The Morgan fingerprint density at radius 1 is 1.38 bits per heavy atom. The molecule has 0 aliphatic carbocycles. The molecule has 26 heavy (non-hydrogen) atoms. The smallest absolute Gasteiger partial charge is 0.191 e. The molecule has 1 saturated heterocycles. The first-order valence-corrected chi connectivity index (χ1v) is 9.96. The molecule has 2 aromatic heterocycles. The van der Waals surface area contributed by atoms with E-state index < -0.39 is 6.10 Å². The van der Waals surface area contributed by atoms with Crippen LogP contribution in [-0.4, -0.2) is 43.9 Å². The van der Waals surface area contributed by atoms with Gasteiger partial charge in [-0.25, -0.2) is 0 Å². The summed E-state index contributed by atoms with van der Waals surface area (Å²) in [7, 11) is 0. The van der Waals surface area contributed by atoms with E-state index >= 15 is 0 Å². The Morgan fingerprint density at radius 3 is 3.00 bits per heavy atom. The van der Waals surface area contributed by atoms with E-state index in [-0.39, 0.29) is 6.54 Å². The number of guanidine groups is 1. The number of aliphatic hydroxyl groups is 1. The third-order valence-corrected chi connectivity index (χ3v) is 5.50. The predicted molar refractivity (Wildman–Crippen MR) is 104 cm³/mol. The topological polar surface area (TPSA) is 79.0 Å². The maximum atomic E-state index is 10.3. The van der Waals surface area contributed by atoms with Crippen LogP contribution < -0.4 is 10.6 Å². The number of thiophene rings is 1. The van der Waals surface area contributed by atoms with E-state index in [9.17, 15) is 5.11 Å². The van der Waals surface area contributed by atoms with E-state index in [0.717, 1.165) is 43.2 Å². The number of aliphatic imine (C=N–C) groups is 1. The van der Waals surface area contributed by atoms with Crippen molar-refractivity contribution in [1.82, 2.24) is 10.6 Å². The summed E-state index contributed by atoms with van der Waals surface area (Å²) in [5, 5.41) is 16.9. The van der Waals surface area contributed by atoms with Gasteiger partial charge in [-0.2, -0.15) is 0 Å². The van der Waals surface area contributed by atoms with Crippen molar-refractivity contribution in [2.24, 2.45) is 10.9 Å². The molecule has 1 aliphatic heterocycles. The molecule has 6 nitrogen and oxygen atoms in total. The number of halogens is 1. The fourth-order valence-corrected chi connectivity index (χ4v) is 3.73. The van der Waals surface area contributed by atoms with Gasteiger partial charge < -0.3 is 24.9 Å². The van der Waals surface area contributed by atoms with Crippen LogP contribution in [0.15, 0.2) is 39.9 Å². The highest BCUT2D eigenvalue weighted by atomic mass is 35.5. The molecular formula is C18H24ClN3O3S. The Hall–Kier alpha value is -1.54. The third kappa shape index (κ3) is 6.02. The van der Waals surface area contributed by atoms with Crippen LogP contribution in [-0.2, 0) is 11.2 Å². The molecule has 1 fully saturated rings. The molecule has 0 aromatic carbocycles. The summed E-state index contributed by atoms with van der Waals surface area (Å²) < 4.78 is 11.4. The van der Waals surface area contributed by atoms with Crippen LogP contribution in [0.2, 0.25) is 4.34 Å². The Bertz CT molecular complexity index is 684. The summed E-state index contributed by atoms with van der Waals surface area (Å²) in [6, 6.07) is 7.45. The van der Waals surface area contributed by atoms with Gasteiger partial charge in [0.05, 0.1) is 23.8 Å². The van der Waals surface area contributed by atoms with Crippen molar-refractivity contribution in [1.29, 1.82) is 0 Å². The van der Waals surface area contributed by atoms with Crippen LogP contribution in [0.5, 0.6) is 0 Å². The van der Waals surface area contributed by atoms with E-state index in [4.69, 9.17) is 20.8 Å². The molecule has 1 aliphatic rings. The van der Waals surface area contributed by atoms with Gasteiger partial charge >= 0.3 is 0 Å². The van der Waals surface area contributed by atoms with E-state index in [1.54, 1.807) is 12.3 Å². The maximum absolute atomic E-state index is 10.3. The number of nitrogens with one attached hydrogen (secondary N) is 2. The lowest BCUT2D eigenvalue weighted by Crippen LogP contribution is -2.41. The van der Waals surface area contributed by atoms with Crippen LogP contribution in [0.4, 0.5) is 0 Å². The average Bonchev–Trinajstić information content (AvgIpc) is 3.39. The number of hydrogen-bond acceptors (Lipinski definition) is 5. The van der Waals surface area contributed by atoms with E-state index in [0.29, 0.717) is 22.8 Å². The summed E-state index contributed by atoms with van der Waals surface area (Å²) >= 11 is 7.31. The van der Waals surface area contributed by atoms with Crippen molar-refractivity contribution in [3.63, 3.8) is 0 Å². The monoisotopic (exact) mass is 397 g/mol. The second kappa shape index (κ2) is 9.97. The Balaban J connectivity index is 1.52. The van der Waals surface area contributed by atoms with Gasteiger partial charge in [-0.1, -0.05) is 11.6 Å². The van der Waals surface area contributed by atoms with Gasteiger partial charge in [0.25, 0.3) is 0 Å². The third-order valence-electron chi connectivity index (χ3n) is 4.17. The molecule has 3 rings (SSSR count). The second-order valence-corrected chi connectivity index (χ2v) is 7.96. The van der Waals surface area contributed by atoms with Crippen molar-refractivity contribution in [2.75, 3.05) is 32.8 Å². The minimum Gasteiger partial charge on any atom is -0.469 e. The normalized spacial score (nSPS) is 18.8. The molecule has 0 saturated carbocycles. The zero-order valence-electron chi connectivity index (χ0n) is 14.5. The SMILES string of the molecule is OC(CN=C(NCCc1ccco1)NCC1CCOC1)c1ccc(Cl)s1.